The molecule has 0 fully saturated rings. The quantitative estimate of drug-likeness (QED) is 0.883. The average molecular weight is 329 g/mol. The van der Waals surface area contributed by atoms with Gasteiger partial charge in [0.2, 0.25) is 0 Å². The van der Waals surface area contributed by atoms with E-state index in [4.69, 9.17) is 17.3 Å². The zero-order chi connectivity index (χ0) is 13.1. The van der Waals surface area contributed by atoms with Crippen LogP contribution in [0.3, 0.4) is 0 Å². The highest BCUT2D eigenvalue weighted by Crippen LogP contribution is 2.24. The minimum Gasteiger partial charge on any atom is -0.324 e. The largest absolute Gasteiger partial charge is 0.324 e. The Kier molecular flexibility index (Phi) is 4.38. The van der Waals surface area contributed by atoms with Crippen LogP contribution >= 0.6 is 27.5 Å². The van der Waals surface area contributed by atoms with Crippen molar-refractivity contribution in [3.8, 4) is 0 Å². The molecule has 18 heavy (non-hydrogen) atoms. The number of hydrogen-bond donors (Lipinski definition) is 1. The molecule has 1 nitrogen and oxygen atoms in total. The Balaban J connectivity index is 2.16. The van der Waals surface area contributed by atoms with E-state index < -0.39 is 0 Å². The van der Waals surface area contributed by atoms with Crippen molar-refractivity contribution in [3.05, 3.63) is 68.9 Å². The molecule has 0 aliphatic rings. The van der Waals surface area contributed by atoms with Gasteiger partial charge in [-0.25, -0.2) is 4.39 Å². The molecular weight excluding hydrogens is 317 g/mol. The van der Waals surface area contributed by atoms with E-state index in [1.165, 1.54) is 12.1 Å². The normalized spacial score (nSPS) is 12.4. The van der Waals surface area contributed by atoms with Crippen molar-refractivity contribution in [2.75, 3.05) is 0 Å². The van der Waals surface area contributed by atoms with Gasteiger partial charge in [0, 0.05) is 15.5 Å². The Labute approximate surface area is 119 Å². The molecule has 0 bridgehead atoms. The maximum atomic E-state index is 12.8. The van der Waals surface area contributed by atoms with Gasteiger partial charge in [-0.2, -0.15) is 0 Å². The Bertz CT molecular complexity index is 522. The molecule has 1 atom stereocenters. The fourth-order valence-electron chi connectivity index (χ4n) is 1.78. The first-order valence-electron chi connectivity index (χ1n) is 5.50. The number of rotatable bonds is 3. The lowest BCUT2D eigenvalue weighted by atomic mass is 10.00. The molecule has 0 radical (unpaired) electrons. The van der Waals surface area contributed by atoms with Crippen molar-refractivity contribution in [2.45, 2.75) is 12.5 Å². The molecule has 0 saturated heterocycles. The first kappa shape index (κ1) is 13.5. The van der Waals surface area contributed by atoms with Crippen molar-refractivity contribution in [3.63, 3.8) is 0 Å². The molecular formula is C14H12BrClFN. The Hall–Kier alpha value is -0.900. The van der Waals surface area contributed by atoms with Crippen molar-refractivity contribution < 1.29 is 4.39 Å². The van der Waals surface area contributed by atoms with E-state index in [-0.39, 0.29) is 11.9 Å². The molecule has 94 valence electrons. The molecule has 0 amide bonds. The van der Waals surface area contributed by atoms with Crippen LogP contribution < -0.4 is 5.73 Å². The van der Waals surface area contributed by atoms with Crippen molar-refractivity contribution in [1.29, 1.82) is 0 Å². The summed E-state index contributed by atoms with van der Waals surface area (Å²) in [5.41, 5.74) is 8.09. The summed E-state index contributed by atoms with van der Waals surface area (Å²) in [6, 6.07) is 11.8. The lowest BCUT2D eigenvalue weighted by Gasteiger charge is -2.13. The van der Waals surface area contributed by atoms with Crippen LogP contribution in [0.1, 0.15) is 17.2 Å². The molecule has 0 aromatic heterocycles. The van der Waals surface area contributed by atoms with E-state index >= 15 is 0 Å². The number of halogens is 3. The average Bonchev–Trinajstić information content (AvgIpc) is 2.31. The summed E-state index contributed by atoms with van der Waals surface area (Å²) in [7, 11) is 0. The van der Waals surface area contributed by atoms with Crippen LogP contribution in [0, 0.1) is 5.82 Å². The molecule has 0 heterocycles. The van der Waals surface area contributed by atoms with Gasteiger partial charge in [0.15, 0.2) is 0 Å². The third kappa shape index (κ3) is 3.55. The van der Waals surface area contributed by atoms with E-state index in [0.29, 0.717) is 11.4 Å². The summed E-state index contributed by atoms with van der Waals surface area (Å²) in [6.07, 6.45) is 0.646. The summed E-state index contributed by atoms with van der Waals surface area (Å²) < 4.78 is 13.7. The predicted octanol–water partition coefficient (Wildman–Crippen LogP) is 4.48. The minimum atomic E-state index is -0.238. The first-order chi connectivity index (χ1) is 8.54. The predicted molar refractivity (Wildman–Crippen MR) is 76.2 cm³/mol. The van der Waals surface area contributed by atoms with Crippen molar-refractivity contribution >= 4 is 27.5 Å². The molecule has 0 saturated carbocycles. The van der Waals surface area contributed by atoms with Crippen LogP contribution in [0.2, 0.25) is 5.02 Å². The highest BCUT2D eigenvalue weighted by molar-refractivity contribution is 9.10. The lowest BCUT2D eigenvalue weighted by Crippen LogP contribution is -2.13. The molecule has 2 N–H and O–H groups in total. The molecule has 0 aliphatic carbocycles. The van der Waals surface area contributed by atoms with Crippen molar-refractivity contribution in [2.24, 2.45) is 5.73 Å². The fraction of sp³-hybridized carbons (Fsp3) is 0.143. The maximum absolute atomic E-state index is 12.8. The highest BCUT2D eigenvalue weighted by Gasteiger charge is 2.09. The van der Waals surface area contributed by atoms with E-state index in [1.54, 1.807) is 12.1 Å². The van der Waals surface area contributed by atoms with E-state index in [9.17, 15) is 4.39 Å². The molecule has 0 spiro atoms. The summed E-state index contributed by atoms with van der Waals surface area (Å²) in [4.78, 5) is 0. The van der Waals surface area contributed by atoms with E-state index in [2.05, 4.69) is 15.9 Å². The Morgan fingerprint density at radius 2 is 1.83 bits per heavy atom. The molecule has 2 aromatic rings. The fourth-order valence-corrected chi connectivity index (χ4v) is 2.67. The second-order valence-corrected chi connectivity index (χ2v) is 5.49. The van der Waals surface area contributed by atoms with Gasteiger partial charge >= 0.3 is 0 Å². The van der Waals surface area contributed by atoms with Gasteiger partial charge in [0.25, 0.3) is 0 Å². The number of nitrogens with two attached hydrogens (primary N) is 1. The smallest absolute Gasteiger partial charge is 0.123 e. The van der Waals surface area contributed by atoms with Gasteiger partial charge in [0.1, 0.15) is 5.82 Å². The van der Waals surface area contributed by atoms with Crippen LogP contribution in [0.4, 0.5) is 4.39 Å². The highest BCUT2D eigenvalue weighted by atomic mass is 79.9. The molecule has 4 heteroatoms. The zero-order valence-corrected chi connectivity index (χ0v) is 11.9. The monoisotopic (exact) mass is 327 g/mol. The van der Waals surface area contributed by atoms with Gasteiger partial charge in [-0.3, -0.25) is 0 Å². The van der Waals surface area contributed by atoms with Crippen LogP contribution in [0.15, 0.2) is 46.9 Å². The third-order valence-electron chi connectivity index (χ3n) is 2.68. The maximum Gasteiger partial charge on any atom is 0.123 e. The second kappa shape index (κ2) is 5.83. The van der Waals surface area contributed by atoms with Gasteiger partial charge < -0.3 is 5.73 Å². The van der Waals surface area contributed by atoms with E-state index in [1.807, 2.05) is 18.2 Å². The van der Waals surface area contributed by atoms with Crippen LogP contribution in [0.5, 0.6) is 0 Å². The lowest BCUT2D eigenvalue weighted by molar-refractivity contribution is 0.625. The van der Waals surface area contributed by atoms with Gasteiger partial charge in [-0.05, 0) is 47.9 Å². The Morgan fingerprint density at radius 1 is 1.17 bits per heavy atom. The van der Waals surface area contributed by atoms with Gasteiger partial charge in [-0.15, -0.1) is 0 Å². The first-order valence-corrected chi connectivity index (χ1v) is 6.68. The molecule has 2 aromatic carbocycles. The number of benzene rings is 2. The van der Waals surface area contributed by atoms with Crippen LogP contribution in [-0.2, 0) is 6.42 Å². The van der Waals surface area contributed by atoms with E-state index in [0.717, 1.165) is 15.6 Å². The Morgan fingerprint density at radius 3 is 2.44 bits per heavy atom. The van der Waals surface area contributed by atoms with Crippen molar-refractivity contribution in [1.82, 2.24) is 0 Å². The summed E-state index contributed by atoms with van der Waals surface area (Å²) in [6.45, 7) is 0. The van der Waals surface area contributed by atoms with Gasteiger partial charge in [0.05, 0.1) is 0 Å². The second-order valence-electron chi connectivity index (χ2n) is 4.14. The molecule has 2 rings (SSSR count). The third-order valence-corrected chi connectivity index (χ3v) is 3.36. The SMILES string of the molecule is NC(Cc1ccc(F)cc1)c1cc(Cl)cc(Br)c1. The summed E-state index contributed by atoms with van der Waals surface area (Å²) >= 11 is 9.37. The summed E-state index contributed by atoms with van der Waals surface area (Å²) in [5.74, 6) is -0.238. The molecule has 1 unspecified atom stereocenters. The van der Waals surface area contributed by atoms with Crippen LogP contribution in [-0.4, -0.2) is 0 Å². The number of hydrogen-bond acceptors (Lipinski definition) is 1. The standard InChI is InChI=1S/C14H12BrClFN/c15-11-6-10(7-12(16)8-11)14(18)5-9-1-3-13(17)4-2-9/h1-4,6-8,14H,5,18H2. The van der Waals surface area contributed by atoms with Crippen LogP contribution in [0.25, 0.3) is 0 Å². The summed E-state index contributed by atoms with van der Waals surface area (Å²) in [5, 5.41) is 0.647. The van der Waals surface area contributed by atoms with Gasteiger partial charge in [-0.1, -0.05) is 39.7 Å². The molecule has 0 aliphatic heterocycles. The zero-order valence-electron chi connectivity index (χ0n) is 9.54. The minimum absolute atomic E-state index is 0.162. The topological polar surface area (TPSA) is 26.0 Å².